The van der Waals surface area contributed by atoms with Gasteiger partial charge in [0.15, 0.2) is 0 Å². The third-order valence-corrected chi connectivity index (χ3v) is 3.77. The first-order valence-corrected chi connectivity index (χ1v) is 6.95. The number of carbonyl (C=O) groups is 1. The predicted octanol–water partition coefficient (Wildman–Crippen LogP) is 1.63. The Labute approximate surface area is 111 Å². The number of piperidine rings is 1. The number of hydrogen-bond donors (Lipinski definition) is 1. The van der Waals surface area contributed by atoms with Crippen LogP contribution in [0.1, 0.15) is 40.0 Å². The van der Waals surface area contributed by atoms with E-state index in [1.54, 1.807) is 6.92 Å². The van der Waals surface area contributed by atoms with Crippen LogP contribution in [0.15, 0.2) is 0 Å². The van der Waals surface area contributed by atoms with Gasteiger partial charge in [-0.3, -0.25) is 4.79 Å². The summed E-state index contributed by atoms with van der Waals surface area (Å²) in [6, 6.07) is 0. The summed E-state index contributed by atoms with van der Waals surface area (Å²) >= 11 is 0. The smallest absolute Gasteiger partial charge is 0.325 e. The molecule has 0 aromatic rings. The van der Waals surface area contributed by atoms with Crippen molar-refractivity contribution in [2.75, 3.05) is 26.7 Å². The van der Waals surface area contributed by atoms with Crippen LogP contribution in [0.25, 0.3) is 0 Å². The van der Waals surface area contributed by atoms with E-state index in [0.717, 1.165) is 24.8 Å². The predicted molar refractivity (Wildman–Crippen MR) is 73.2 cm³/mol. The maximum absolute atomic E-state index is 11.5. The zero-order chi connectivity index (χ0) is 13.8. The number of esters is 1. The van der Waals surface area contributed by atoms with Gasteiger partial charge in [-0.05, 0) is 44.6 Å². The summed E-state index contributed by atoms with van der Waals surface area (Å²) in [6.07, 6.45) is 2.95. The minimum absolute atomic E-state index is 0.317. The summed E-state index contributed by atoms with van der Waals surface area (Å²) in [5, 5.41) is 0. The fourth-order valence-corrected chi connectivity index (χ4v) is 2.98. The molecule has 0 aliphatic carbocycles. The molecule has 1 saturated heterocycles. The van der Waals surface area contributed by atoms with E-state index in [2.05, 4.69) is 18.7 Å². The molecular weight excluding hydrogens is 228 g/mol. The second kappa shape index (κ2) is 6.53. The Balaban J connectivity index is 2.31. The number of nitrogens with two attached hydrogens (primary N) is 1. The molecule has 0 radical (unpaired) electrons. The summed E-state index contributed by atoms with van der Waals surface area (Å²) in [7, 11) is 1.39. The van der Waals surface area contributed by atoms with Gasteiger partial charge in [-0.15, -0.1) is 0 Å². The van der Waals surface area contributed by atoms with Crippen molar-refractivity contribution in [3.05, 3.63) is 0 Å². The van der Waals surface area contributed by atoms with Crippen molar-refractivity contribution in [3.8, 4) is 0 Å². The molecule has 0 amide bonds. The standard InChI is InChI=1S/C14H28N2O2/c1-11-8-12(2)10-16(9-11)7-5-6-14(3,15)13(17)18-4/h11-12H,5-10,15H2,1-4H3. The summed E-state index contributed by atoms with van der Waals surface area (Å²) in [5.41, 5.74) is 5.10. The third-order valence-electron chi connectivity index (χ3n) is 3.77. The average Bonchev–Trinajstić information content (AvgIpc) is 2.26. The van der Waals surface area contributed by atoms with Crippen LogP contribution in [-0.2, 0) is 9.53 Å². The van der Waals surface area contributed by atoms with Crippen LogP contribution >= 0.6 is 0 Å². The molecule has 0 aromatic heterocycles. The van der Waals surface area contributed by atoms with Gasteiger partial charge >= 0.3 is 5.97 Å². The van der Waals surface area contributed by atoms with Gasteiger partial charge in [0.25, 0.3) is 0 Å². The number of hydrogen-bond acceptors (Lipinski definition) is 4. The van der Waals surface area contributed by atoms with E-state index in [4.69, 9.17) is 10.5 Å². The molecule has 1 aliphatic rings. The van der Waals surface area contributed by atoms with Crippen molar-refractivity contribution in [3.63, 3.8) is 0 Å². The Kier molecular flexibility index (Phi) is 5.60. The van der Waals surface area contributed by atoms with Crippen molar-refractivity contribution in [2.24, 2.45) is 17.6 Å². The number of ether oxygens (including phenoxy) is 1. The van der Waals surface area contributed by atoms with E-state index in [-0.39, 0.29) is 5.97 Å². The highest BCUT2D eigenvalue weighted by Crippen LogP contribution is 2.21. The monoisotopic (exact) mass is 256 g/mol. The zero-order valence-electron chi connectivity index (χ0n) is 12.2. The Morgan fingerprint density at radius 3 is 2.44 bits per heavy atom. The Bertz CT molecular complexity index is 269. The molecule has 0 aromatic carbocycles. The van der Waals surface area contributed by atoms with E-state index in [9.17, 15) is 4.79 Å². The highest BCUT2D eigenvalue weighted by Gasteiger charge is 2.29. The highest BCUT2D eigenvalue weighted by molar-refractivity contribution is 5.79. The second-order valence-corrected chi connectivity index (χ2v) is 6.22. The quantitative estimate of drug-likeness (QED) is 0.760. The summed E-state index contributed by atoms with van der Waals surface area (Å²) in [4.78, 5) is 14.0. The molecule has 1 fully saturated rings. The third kappa shape index (κ3) is 4.58. The number of carbonyl (C=O) groups excluding carboxylic acids is 1. The van der Waals surface area contributed by atoms with E-state index in [0.29, 0.717) is 6.42 Å². The molecule has 1 aliphatic heterocycles. The lowest BCUT2D eigenvalue weighted by atomic mass is 9.91. The first-order chi connectivity index (χ1) is 8.35. The number of likely N-dealkylation sites (tertiary alicyclic amines) is 1. The molecule has 18 heavy (non-hydrogen) atoms. The van der Waals surface area contributed by atoms with Crippen LogP contribution < -0.4 is 5.73 Å². The van der Waals surface area contributed by atoms with Crippen LogP contribution in [0.5, 0.6) is 0 Å². The number of methoxy groups -OCH3 is 1. The van der Waals surface area contributed by atoms with E-state index >= 15 is 0 Å². The van der Waals surface area contributed by atoms with Gasteiger partial charge < -0.3 is 15.4 Å². The molecular formula is C14H28N2O2. The highest BCUT2D eigenvalue weighted by atomic mass is 16.5. The van der Waals surface area contributed by atoms with Crippen molar-refractivity contribution in [2.45, 2.75) is 45.6 Å². The maximum Gasteiger partial charge on any atom is 0.325 e. The van der Waals surface area contributed by atoms with Gasteiger partial charge in [-0.25, -0.2) is 0 Å². The molecule has 2 N–H and O–H groups in total. The molecule has 0 bridgehead atoms. The zero-order valence-corrected chi connectivity index (χ0v) is 12.2. The summed E-state index contributed by atoms with van der Waals surface area (Å²) in [6.45, 7) is 9.74. The summed E-state index contributed by atoms with van der Waals surface area (Å²) in [5.74, 6) is 1.24. The van der Waals surface area contributed by atoms with Gasteiger partial charge in [0.1, 0.15) is 5.54 Å². The van der Waals surface area contributed by atoms with Crippen LogP contribution in [0.3, 0.4) is 0 Å². The lowest BCUT2D eigenvalue weighted by Crippen LogP contribution is -2.46. The molecule has 3 unspecified atom stereocenters. The normalized spacial score (nSPS) is 28.7. The van der Waals surface area contributed by atoms with Crippen LogP contribution in [0.2, 0.25) is 0 Å². The fraction of sp³-hybridized carbons (Fsp3) is 0.929. The van der Waals surface area contributed by atoms with Crippen molar-refractivity contribution >= 4 is 5.97 Å². The Hall–Kier alpha value is -0.610. The molecule has 0 spiro atoms. The van der Waals surface area contributed by atoms with Gasteiger partial charge in [-0.2, -0.15) is 0 Å². The SMILES string of the molecule is COC(=O)C(C)(N)CCCN1CC(C)CC(C)C1. The minimum Gasteiger partial charge on any atom is -0.468 e. The largest absolute Gasteiger partial charge is 0.468 e. The van der Waals surface area contributed by atoms with Crippen molar-refractivity contribution in [1.82, 2.24) is 4.90 Å². The van der Waals surface area contributed by atoms with Crippen molar-refractivity contribution < 1.29 is 9.53 Å². The topological polar surface area (TPSA) is 55.6 Å². The fourth-order valence-electron chi connectivity index (χ4n) is 2.98. The number of nitrogens with zero attached hydrogens (tertiary/aromatic N) is 1. The average molecular weight is 256 g/mol. The van der Waals surface area contributed by atoms with E-state index in [1.807, 2.05) is 0 Å². The lowest BCUT2D eigenvalue weighted by Gasteiger charge is -2.35. The van der Waals surface area contributed by atoms with Gasteiger partial charge in [0.2, 0.25) is 0 Å². The first kappa shape index (κ1) is 15.4. The molecule has 4 heteroatoms. The first-order valence-electron chi connectivity index (χ1n) is 6.95. The maximum atomic E-state index is 11.5. The van der Waals surface area contributed by atoms with Gasteiger partial charge in [0.05, 0.1) is 7.11 Å². The lowest BCUT2D eigenvalue weighted by molar-refractivity contribution is -0.146. The summed E-state index contributed by atoms with van der Waals surface area (Å²) < 4.78 is 4.71. The number of rotatable bonds is 5. The molecule has 4 nitrogen and oxygen atoms in total. The second-order valence-electron chi connectivity index (χ2n) is 6.22. The van der Waals surface area contributed by atoms with Crippen molar-refractivity contribution in [1.29, 1.82) is 0 Å². The molecule has 3 atom stereocenters. The van der Waals surface area contributed by atoms with Crippen LogP contribution in [-0.4, -0.2) is 43.2 Å². The molecule has 1 rings (SSSR count). The molecule has 106 valence electrons. The van der Waals surface area contributed by atoms with Crippen LogP contribution in [0.4, 0.5) is 0 Å². The van der Waals surface area contributed by atoms with E-state index in [1.165, 1.54) is 26.6 Å². The molecule has 0 saturated carbocycles. The molecule has 1 heterocycles. The minimum atomic E-state index is -0.845. The Morgan fingerprint density at radius 1 is 1.39 bits per heavy atom. The van der Waals surface area contributed by atoms with Gasteiger partial charge in [-0.1, -0.05) is 13.8 Å². The Morgan fingerprint density at radius 2 is 1.94 bits per heavy atom. The van der Waals surface area contributed by atoms with Crippen LogP contribution in [0, 0.1) is 11.8 Å². The van der Waals surface area contributed by atoms with Gasteiger partial charge in [0, 0.05) is 13.1 Å². The van der Waals surface area contributed by atoms with E-state index < -0.39 is 5.54 Å².